The van der Waals surface area contributed by atoms with Crippen molar-refractivity contribution in [3.05, 3.63) is 36.2 Å². The average molecular weight is 412 g/mol. The van der Waals surface area contributed by atoms with Crippen molar-refractivity contribution in [2.24, 2.45) is 0 Å². The third-order valence-corrected chi connectivity index (χ3v) is 6.66. The molecule has 30 heavy (non-hydrogen) atoms. The third-order valence-electron chi connectivity index (χ3n) is 6.66. The highest BCUT2D eigenvalue weighted by molar-refractivity contribution is 5.54. The van der Waals surface area contributed by atoms with E-state index in [0.29, 0.717) is 5.89 Å². The van der Waals surface area contributed by atoms with Crippen molar-refractivity contribution in [2.45, 2.75) is 70.9 Å². The van der Waals surface area contributed by atoms with E-state index < -0.39 is 0 Å². The number of likely N-dealkylation sites (tertiary alicyclic amines) is 2. The van der Waals surface area contributed by atoms with Crippen LogP contribution >= 0.6 is 0 Å². The molecule has 3 heterocycles. The summed E-state index contributed by atoms with van der Waals surface area (Å²) in [6.45, 7) is 11.1. The highest BCUT2D eigenvalue weighted by Crippen LogP contribution is 2.29. The Hall–Kier alpha value is -1.85. The molecule has 5 nitrogen and oxygen atoms in total. The lowest BCUT2D eigenvalue weighted by Crippen LogP contribution is -2.46. The van der Waals surface area contributed by atoms with Gasteiger partial charge in [-0.2, -0.15) is 0 Å². The van der Waals surface area contributed by atoms with Crippen LogP contribution in [0.15, 0.2) is 34.9 Å². The second kappa shape index (κ2) is 9.97. The van der Waals surface area contributed by atoms with Crippen LogP contribution in [0.5, 0.6) is 5.75 Å². The molecule has 0 radical (unpaired) electrons. The Morgan fingerprint density at radius 1 is 1.00 bits per heavy atom. The van der Waals surface area contributed by atoms with Gasteiger partial charge in [0.2, 0.25) is 5.89 Å². The molecule has 0 spiro atoms. The Morgan fingerprint density at radius 2 is 1.77 bits per heavy atom. The van der Waals surface area contributed by atoms with Gasteiger partial charge in [0, 0.05) is 24.2 Å². The molecular formula is C25H37N3O2. The Balaban J connectivity index is 1.26. The summed E-state index contributed by atoms with van der Waals surface area (Å²) in [7, 11) is 0. The topological polar surface area (TPSA) is 41.7 Å². The van der Waals surface area contributed by atoms with Gasteiger partial charge in [0.1, 0.15) is 12.0 Å². The lowest BCUT2D eigenvalue weighted by molar-refractivity contribution is 0.0679. The SMILES string of the molecule is CC1(C)CCCCN1Cc1coc(-c2ccc(OCCCN3CCCCC3)cc2)n1. The second-order valence-corrected chi connectivity index (χ2v) is 9.46. The van der Waals surface area contributed by atoms with Gasteiger partial charge in [-0.1, -0.05) is 12.8 Å². The number of hydrogen-bond acceptors (Lipinski definition) is 5. The molecule has 0 amide bonds. The van der Waals surface area contributed by atoms with Crippen molar-refractivity contribution >= 4 is 0 Å². The molecule has 2 fully saturated rings. The number of piperidine rings is 2. The minimum Gasteiger partial charge on any atom is -0.494 e. The molecule has 5 heteroatoms. The number of rotatable bonds is 8. The minimum atomic E-state index is 0.240. The van der Waals surface area contributed by atoms with E-state index in [1.54, 1.807) is 0 Å². The first-order valence-electron chi connectivity index (χ1n) is 11.8. The van der Waals surface area contributed by atoms with Crippen molar-refractivity contribution in [2.75, 3.05) is 32.8 Å². The van der Waals surface area contributed by atoms with Crippen LogP contribution in [0.2, 0.25) is 0 Å². The number of aromatic nitrogens is 1. The van der Waals surface area contributed by atoms with Crippen LogP contribution in [0.4, 0.5) is 0 Å². The van der Waals surface area contributed by atoms with E-state index in [1.165, 1.54) is 51.6 Å². The summed E-state index contributed by atoms with van der Waals surface area (Å²) in [5.74, 6) is 1.61. The Kier molecular flexibility index (Phi) is 7.11. The van der Waals surface area contributed by atoms with E-state index in [2.05, 4.69) is 23.6 Å². The quantitative estimate of drug-likeness (QED) is 0.547. The van der Waals surface area contributed by atoms with Gasteiger partial charge in [-0.15, -0.1) is 0 Å². The molecule has 0 saturated carbocycles. The number of oxazole rings is 1. The summed E-state index contributed by atoms with van der Waals surface area (Å²) < 4.78 is 11.7. The van der Waals surface area contributed by atoms with Crippen LogP contribution in [0.1, 0.15) is 64.5 Å². The first kappa shape index (κ1) is 21.4. The smallest absolute Gasteiger partial charge is 0.226 e. The van der Waals surface area contributed by atoms with Crippen molar-refractivity contribution in [1.82, 2.24) is 14.8 Å². The maximum absolute atomic E-state index is 5.93. The third kappa shape index (κ3) is 5.64. The van der Waals surface area contributed by atoms with Gasteiger partial charge < -0.3 is 14.1 Å². The molecular weight excluding hydrogens is 374 g/mol. The predicted molar refractivity (Wildman–Crippen MR) is 121 cm³/mol. The molecule has 0 atom stereocenters. The summed E-state index contributed by atoms with van der Waals surface area (Å²) in [5.41, 5.74) is 2.25. The molecule has 2 saturated heterocycles. The zero-order valence-electron chi connectivity index (χ0n) is 18.7. The predicted octanol–water partition coefficient (Wildman–Crippen LogP) is 5.36. The first-order valence-corrected chi connectivity index (χ1v) is 11.8. The van der Waals surface area contributed by atoms with Gasteiger partial charge in [-0.3, -0.25) is 4.90 Å². The zero-order valence-corrected chi connectivity index (χ0v) is 18.7. The van der Waals surface area contributed by atoms with Crippen LogP contribution in [0, 0.1) is 0 Å². The number of hydrogen-bond donors (Lipinski definition) is 0. The molecule has 1 aromatic heterocycles. The average Bonchev–Trinajstić information content (AvgIpc) is 3.23. The Morgan fingerprint density at radius 3 is 2.53 bits per heavy atom. The van der Waals surface area contributed by atoms with Crippen LogP contribution in [-0.2, 0) is 6.54 Å². The van der Waals surface area contributed by atoms with E-state index in [0.717, 1.165) is 49.7 Å². The molecule has 2 aliphatic heterocycles. The Labute approximate surface area is 181 Å². The number of ether oxygens (including phenoxy) is 1. The summed E-state index contributed by atoms with van der Waals surface area (Å²) >= 11 is 0. The first-order chi connectivity index (χ1) is 14.6. The number of nitrogens with zero attached hydrogens (tertiary/aromatic N) is 3. The van der Waals surface area contributed by atoms with Crippen molar-refractivity contribution in [3.8, 4) is 17.2 Å². The Bertz CT molecular complexity index is 778. The monoisotopic (exact) mass is 411 g/mol. The largest absolute Gasteiger partial charge is 0.494 e. The molecule has 164 valence electrons. The standard InChI is InChI=1S/C25H37N3O2/c1-25(2)13-4-7-17-28(25)19-22-20-30-24(26-22)21-9-11-23(12-10-21)29-18-8-16-27-14-5-3-6-15-27/h9-12,20H,3-8,13-19H2,1-2H3. The van der Waals surface area contributed by atoms with Gasteiger partial charge in [0.05, 0.1) is 12.3 Å². The molecule has 2 aromatic rings. The zero-order chi connectivity index (χ0) is 20.8. The van der Waals surface area contributed by atoms with Crippen LogP contribution < -0.4 is 4.74 Å². The summed E-state index contributed by atoms with van der Waals surface area (Å²) in [6.07, 6.45) is 10.8. The molecule has 0 bridgehead atoms. The maximum Gasteiger partial charge on any atom is 0.226 e. The highest BCUT2D eigenvalue weighted by atomic mass is 16.5. The normalized spacial score (nSPS) is 20.3. The summed E-state index contributed by atoms with van der Waals surface area (Å²) in [6, 6.07) is 8.13. The molecule has 0 unspecified atom stereocenters. The van der Waals surface area contributed by atoms with Gasteiger partial charge >= 0.3 is 0 Å². The van der Waals surface area contributed by atoms with Crippen LogP contribution in [-0.4, -0.2) is 53.1 Å². The summed E-state index contributed by atoms with van der Waals surface area (Å²) in [5, 5.41) is 0. The van der Waals surface area contributed by atoms with Crippen LogP contribution in [0.25, 0.3) is 11.5 Å². The van der Waals surface area contributed by atoms with Gasteiger partial charge in [-0.05, 0) is 89.9 Å². The van der Waals surface area contributed by atoms with Gasteiger partial charge in [-0.25, -0.2) is 4.98 Å². The fourth-order valence-corrected chi connectivity index (χ4v) is 4.68. The minimum absolute atomic E-state index is 0.240. The second-order valence-electron chi connectivity index (χ2n) is 9.46. The fourth-order valence-electron chi connectivity index (χ4n) is 4.68. The van der Waals surface area contributed by atoms with Crippen molar-refractivity contribution in [3.63, 3.8) is 0 Å². The van der Waals surface area contributed by atoms with Crippen molar-refractivity contribution in [1.29, 1.82) is 0 Å². The maximum atomic E-state index is 5.93. The fraction of sp³-hybridized carbons (Fsp3) is 0.640. The van der Waals surface area contributed by atoms with E-state index in [9.17, 15) is 0 Å². The molecule has 4 rings (SSSR count). The van der Waals surface area contributed by atoms with Gasteiger partial charge in [0.25, 0.3) is 0 Å². The van der Waals surface area contributed by atoms with Gasteiger partial charge in [0.15, 0.2) is 0 Å². The van der Waals surface area contributed by atoms with E-state index in [-0.39, 0.29) is 5.54 Å². The molecule has 2 aliphatic rings. The molecule has 0 aliphatic carbocycles. The van der Waals surface area contributed by atoms with E-state index in [1.807, 2.05) is 30.5 Å². The van der Waals surface area contributed by atoms with E-state index >= 15 is 0 Å². The molecule has 0 N–H and O–H groups in total. The number of benzene rings is 1. The summed E-state index contributed by atoms with van der Waals surface area (Å²) in [4.78, 5) is 9.83. The lowest BCUT2D eigenvalue weighted by atomic mass is 9.90. The van der Waals surface area contributed by atoms with E-state index in [4.69, 9.17) is 14.1 Å². The van der Waals surface area contributed by atoms with Crippen molar-refractivity contribution < 1.29 is 9.15 Å². The highest BCUT2D eigenvalue weighted by Gasteiger charge is 2.30. The molecule has 1 aromatic carbocycles. The lowest BCUT2D eigenvalue weighted by Gasteiger charge is -2.42. The van der Waals surface area contributed by atoms with Crippen LogP contribution in [0.3, 0.4) is 0 Å².